The Bertz CT molecular complexity index is 1690. The minimum Gasteiger partial charge on any atom is -0.305 e. The van der Waals surface area contributed by atoms with Gasteiger partial charge < -0.3 is 9.97 Å². The SMILES string of the molecule is [2H]C(C)(C)c1[c-]c(-c2nccc3c2ccc2ccccc23)cc(C([2H])(C)C)c1.[Ir].[c-]1ccccc1-c1ccccn1. The van der Waals surface area contributed by atoms with Crippen LogP contribution in [-0.2, 0) is 20.1 Å². The number of aromatic nitrogens is 2. The van der Waals surface area contributed by atoms with Crippen molar-refractivity contribution in [3.63, 3.8) is 0 Å². The van der Waals surface area contributed by atoms with E-state index in [1.807, 2.05) is 94.6 Å². The van der Waals surface area contributed by atoms with Crippen molar-refractivity contribution in [1.29, 1.82) is 0 Å². The van der Waals surface area contributed by atoms with Crippen LogP contribution >= 0.6 is 0 Å². The van der Waals surface area contributed by atoms with Gasteiger partial charge in [0, 0.05) is 35.2 Å². The van der Waals surface area contributed by atoms with Gasteiger partial charge in [-0.25, -0.2) is 0 Å². The number of fused-ring (bicyclic) bond motifs is 3. The minimum atomic E-state index is -0.798. The standard InChI is InChI=1S/C25H24N.C11H8N.Ir/c1-16(2)19-13-20(17(3)4)15-21(14-19)25-24-10-9-18-7-5-6-8-22(18)23(24)11-12-26-25;1-2-6-10(7-3-1)11-8-4-5-9-12-11;/h5-14,16-17H,1-4H3;1-6,8-9H;/q2*-1;/i16D,17D;;. The Morgan fingerprint density at radius 3 is 2.18 bits per heavy atom. The van der Waals surface area contributed by atoms with Crippen molar-refractivity contribution in [2.24, 2.45) is 0 Å². The average molecular weight is 687 g/mol. The maximum atomic E-state index is 8.51. The molecule has 2 nitrogen and oxygen atoms in total. The van der Waals surface area contributed by atoms with Crippen LogP contribution in [0.25, 0.3) is 44.1 Å². The van der Waals surface area contributed by atoms with E-state index in [-0.39, 0.29) is 20.1 Å². The van der Waals surface area contributed by atoms with E-state index in [1.54, 1.807) is 6.20 Å². The van der Waals surface area contributed by atoms with E-state index >= 15 is 0 Å². The zero-order valence-corrected chi connectivity index (χ0v) is 25.0. The van der Waals surface area contributed by atoms with E-state index in [1.165, 1.54) is 10.8 Å². The fraction of sp³-hybridized carbons (Fsp3) is 0.167. The topological polar surface area (TPSA) is 25.8 Å². The van der Waals surface area contributed by atoms with Crippen LogP contribution in [0.4, 0.5) is 0 Å². The molecular weight excluding hydrogens is 653 g/mol. The molecule has 4 aromatic carbocycles. The predicted molar refractivity (Wildman–Crippen MR) is 160 cm³/mol. The fourth-order valence-corrected chi connectivity index (χ4v) is 4.48. The molecule has 0 unspecified atom stereocenters. The largest absolute Gasteiger partial charge is 0.305 e. The molecule has 0 N–H and O–H groups in total. The Kier molecular flexibility index (Phi) is 8.50. The third-order valence-corrected chi connectivity index (χ3v) is 6.56. The molecule has 0 amide bonds. The molecule has 1 radical (unpaired) electrons. The zero-order chi connectivity index (χ0) is 28.3. The van der Waals surface area contributed by atoms with Gasteiger partial charge in [0.15, 0.2) is 0 Å². The normalized spacial score (nSPS) is 12.1. The van der Waals surface area contributed by atoms with Crippen molar-refractivity contribution in [2.75, 3.05) is 0 Å². The van der Waals surface area contributed by atoms with Gasteiger partial charge in [0.05, 0.1) is 0 Å². The maximum absolute atomic E-state index is 8.51. The molecule has 6 aromatic rings. The van der Waals surface area contributed by atoms with Gasteiger partial charge in [-0.15, -0.1) is 70.8 Å². The van der Waals surface area contributed by atoms with Crippen LogP contribution < -0.4 is 0 Å². The molecule has 3 heteroatoms. The molecule has 2 aromatic heterocycles. The maximum Gasteiger partial charge on any atom is 0.0330 e. The third-order valence-electron chi connectivity index (χ3n) is 6.56. The van der Waals surface area contributed by atoms with Gasteiger partial charge in [0.2, 0.25) is 0 Å². The summed E-state index contributed by atoms with van der Waals surface area (Å²) >= 11 is 0. The molecule has 6 rings (SSSR count). The fourth-order valence-electron chi connectivity index (χ4n) is 4.48. The summed E-state index contributed by atoms with van der Waals surface area (Å²) in [6, 6.07) is 38.8. The Labute approximate surface area is 248 Å². The summed E-state index contributed by atoms with van der Waals surface area (Å²) in [5.41, 5.74) is 5.35. The van der Waals surface area contributed by atoms with Gasteiger partial charge in [-0.05, 0) is 56.9 Å². The van der Waals surface area contributed by atoms with Gasteiger partial charge in [0.1, 0.15) is 0 Å². The number of benzene rings is 4. The molecule has 0 aliphatic heterocycles. The Balaban J connectivity index is 0.000000249. The van der Waals surface area contributed by atoms with E-state index in [9.17, 15) is 0 Å². The first kappa shape index (κ1) is 25.6. The first-order valence-electron chi connectivity index (χ1n) is 13.8. The van der Waals surface area contributed by atoms with Crippen molar-refractivity contribution >= 4 is 21.5 Å². The molecule has 0 aliphatic rings. The van der Waals surface area contributed by atoms with Crippen LogP contribution in [0.5, 0.6) is 0 Å². The molecule has 0 fully saturated rings. The molecule has 2 heterocycles. The summed E-state index contributed by atoms with van der Waals surface area (Å²) in [5.74, 6) is -1.56. The number of pyridine rings is 2. The molecule has 0 spiro atoms. The molecule has 0 saturated heterocycles. The van der Waals surface area contributed by atoms with Crippen molar-refractivity contribution < 1.29 is 22.8 Å². The summed E-state index contributed by atoms with van der Waals surface area (Å²) in [5, 5.41) is 4.61. The van der Waals surface area contributed by atoms with E-state index < -0.39 is 11.8 Å². The summed E-state index contributed by atoms with van der Waals surface area (Å²) in [6.45, 7) is 7.45. The van der Waals surface area contributed by atoms with E-state index in [2.05, 4.69) is 58.5 Å². The quantitative estimate of drug-likeness (QED) is 0.136. The van der Waals surface area contributed by atoms with E-state index in [4.69, 9.17) is 2.74 Å². The van der Waals surface area contributed by atoms with Crippen LogP contribution in [0.1, 0.15) is 53.4 Å². The molecule has 0 bridgehead atoms. The summed E-state index contributed by atoms with van der Waals surface area (Å²) in [4.78, 5) is 8.89. The number of hydrogen-bond donors (Lipinski definition) is 0. The van der Waals surface area contributed by atoms with E-state index in [0.717, 1.165) is 44.4 Å². The van der Waals surface area contributed by atoms with E-state index in [0.29, 0.717) is 0 Å². The van der Waals surface area contributed by atoms with Crippen molar-refractivity contribution in [1.82, 2.24) is 9.97 Å². The first-order valence-corrected chi connectivity index (χ1v) is 12.8. The van der Waals surface area contributed by atoms with Crippen LogP contribution in [0.15, 0.2) is 109 Å². The second kappa shape index (κ2) is 12.9. The second-order valence-electron chi connectivity index (χ2n) is 9.73. The summed E-state index contributed by atoms with van der Waals surface area (Å²) < 4.78 is 17.0. The van der Waals surface area contributed by atoms with Crippen molar-refractivity contribution in [3.8, 4) is 22.5 Å². The third kappa shape index (κ3) is 6.50. The zero-order valence-electron chi connectivity index (χ0n) is 24.6. The first-order chi connectivity index (χ1) is 19.1. The monoisotopic (exact) mass is 687 g/mol. The summed E-state index contributed by atoms with van der Waals surface area (Å²) in [6.07, 6.45) is 3.62. The van der Waals surface area contributed by atoms with Crippen LogP contribution in [0.2, 0.25) is 0 Å². The Morgan fingerprint density at radius 1 is 0.667 bits per heavy atom. The van der Waals surface area contributed by atoms with Gasteiger partial charge in [-0.3, -0.25) is 0 Å². The molecule has 0 saturated carbocycles. The van der Waals surface area contributed by atoms with Crippen molar-refractivity contribution in [3.05, 3.63) is 133 Å². The summed E-state index contributed by atoms with van der Waals surface area (Å²) in [7, 11) is 0. The Morgan fingerprint density at radius 2 is 1.46 bits per heavy atom. The molecule has 197 valence electrons. The van der Waals surface area contributed by atoms with Gasteiger partial charge >= 0.3 is 0 Å². The molecule has 39 heavy (non-hydrogen) atoms. The minimum absolute atomic E-state index is 0. The van der Waals surface area contributed by atoms with Crippen molar-refractivity contribution in [2.45, 2.75) is 39.5 Å². The predicted octanol–water partition coefficient (Wildman–Crippen LogP) is 9.65. The smallest absolute Gasteiger partial charge is 0.0330 e. The molecular formula is C36H32IrN2-2. The Hall–Kier alpha value is -3.65. The van der Waals surface area contributed by atoms with Crippen LogP contribution in [-0.4, -0.2) is 9.97 Å². The van der Waals surface area contributed by atoms with Crippen LogP contribution in [0, 0.1) is 12.1 Å². The molecule has 0 atom stereocenters. The molecule has 0 aliphatic carbocycles. The second-order valence-corrected chi connectivity index (χ2v) is 9.73. The van der Waals surface area contributed by atoms with Gasteiger partial charge in [-0.2, -0.15) is 0 Å². The number of hydrogen-bond acceptors (Lipinski definition) is 2. The average Bonchev–Trinajstić information content (AvgIpc) is 2.97. The number of rotatable bonds is 4. The van der Waals surface area contributed by atoms with Crippen LogP contribution in [0.3, 0.4) is 0 Å². The van der Waals surface area contributed by atoms with Gasteiger partial charge in [-0.1, -0.05) is 76.2 Å². The number of nitrogens with zero attached hydrogens (tertiary/aromatic N) is 2. The van der Waals surface area contributed by atoms with Gasteiger partial charge in [0.25, 0.3) is 0 Å².